The van der Waals surface area contributed by atoms with Crippen LogP contribution in [0.15, 0.2) is 72.8 Å². The van der Waals surface area contributed by atoms with Crippen molar-refractivity contribution < 1.29 is 18.7 Å². The molecule has 6 heteroatoms. The third kappa shape index (κ3) is 4.91. The van der Waals surface area contributed by atoms with E-state index in [1.54, 1.807) is 23.1 Å². The van der Waals surface area contributed by atoms with Gasteiger partial charge in [0.15, 0.2) is 0 Å². The summed E-state index contributed by atoms with van der Waals surface area (Å²) in [7, 11) is 0. The first-order valence-electron chi connectivity index (χ1n) is 11.2. The van der Waals surface area contributed by atoms with Gasteiger partial charge in [0.05, 0.1) is 11.6 Å². The molecule has 0 saturated carbocycles. The van der Waals surface area contributed by atoms with Gasteiger partial charge in [-0.2, -0.15) is 0 Å². The zero-order chi connectivity index (χ0) is 23.4. The van der Waals surface area contributed by atoms with Crippen LogP contribution in [0, 0.1) is 11.6 Å². The zero-order valence-electron chi connectivity index (χ0n) is 18.6. The lowest BCUT2D eigenvalue weighted by molar-refractivity contribution is 0.117. The minimum Gasteiger partial charge on any atom is -0.396 e. The molecule has 2 atom stereocenters. The molecular weight excluding hydrogens is 422 g/mol. The van der Waals surface area contributed by atoms with Crippen LogP contribution in [0.5, 0.6) is 0 Å². The third-order valence-electron chi connectivity index (χ3n) is 6.56. The maximum Gasteiger partial charge on any atom is 0.318 e. The van der Waals surface area contributed by atoms with E-state index in [9.17, 15) is 18.7 Å². The smallest absolute Gasteiger partial charge is 0.318 e. The van der Waals surface area contributed by atoms with Gasteiger partial charge in [-0.05, 0) is 72.7 Å². The third-order valence-corrected chi connectivity index (χ3v) is 6.56. The molecule has 2 unspecified atom stereocenters. The lowest BCUT2D eigenvalue weighted by Crippen LogP contribution is -2.58. The van der Waals surface area contributed by atoms with E-state index in [0.29, 0.717) is 25.8 Å². The first-order chi connectivity index (χ1) is 15.9. The maximum absolute atomic E-state index is 13.9. The Balaban J connectivity index is 1.51. The van der Waals surface area contributed by atoms with E-state index in [0.717, 1.165) is 22.3 Å². The summed E-state index contributed by atoms with van der Waals surface area (Å²) in [6.45, 7) is 2.50. The van der Waals surface area contributed by atoms with Gasteiger partial charge >= 0.3 is 6.03 Å². The van der Waals surface area contributed by atoms with Crippen LogP contribution >= 0.6 is 0 Å². The Bertz CT molecular complexity index is 1100. The topological polar surface area (TPSA) is 52.6 Å². The Labute approximate surface area is 192 Å². The molecule has 3 aromatic carbocycles. The Hall–Kier alpha value is -3.25. The second-order valence-electron chi connectivity index (χ2n) is 8.60. The number of nitrogens with zero attached hydrogens (tertiary/aromatic N) is 1. The average Bonchev–Trinajstić information content (AvgIpc) is 2.83. The molecular formula is C27H28F2N2O2. The fraction of sp³-hybridized carbons (Fsp3) is 0.296. The minimum absolute atomic E-state index is 0.00740. The first-order valence-corrected chi connectivity index (χ1v) is 11.2. The predicted octanol–water partition coefficient (Wildman–Crippen LogP) is 5.78. The molecule has 1 saturated heterocycles. The number of aliphatic hydroxyl groups is 1. The largest absolute Gasteiger partial charge is 0.396 e. The highest BCUT2D eigenvalue weighted by atomic mass is 19.1. The SMILES string of the molecule is CC(c1ccc(-c2ccc(F)cc2)cc1)N1CCC(CCCO)(c2cccc(F)c2)NC1=O. The van der Waals surface area contributed by atoms with Gasteiger partial charge in [-0.15, -0.1) is 0 Å². The minimum atomic E-state index is -0.704. The van der Waals surface area contributed by atoms with Crippen LogP contribution in [0.1, 0.15) is 43.4 Å². The lowest BCUT2D eigenvalue weighted by atomic mass is 9.80. The summed E-state index contributed by atoms with van der Waals surface area (Å²) in [5.74, 6) is -0.615. The second-order valence-corrected chi connectivity index (χ2v) is 8.60. The quantitative estimate of drug-likeness (QED) is 0.480. The molecule has 0 aliphatic carbocycles. The summed E-state index contributed by atoms with van der Waals surface area (Å²) in [5.41, 5.74) is 2.91. The van der Waals surface area contributed by atoms with Crippen molar-refractivity contribution in [2.75, 3.05) is 13.2 Å². The fourth-order valence-corrected chi connectivity index (χ4v) is 4.61. The second kappa shape index (κ2) is 9.71. The molecule has 4 nitrogen and oxygen atoms in total. The molecule has 33 heavy (non-hydrogen) atoms. The van der Waals surface area contributed by atoms with Crippen LogP contribution in [0.2, 0.25) is 0 Å². The van der Waals surface area contributed by atoms with E-state index in [1.165, 1.54) is 24.3 Å². The molecule has 1 heterocycles. The van der Waals surface area contributed by atoms with Crippen LogP contribution in [0.4, 0.5) is 13.6 Å². The Morgan fingerprint density at radius 3 is 2.27 bits per heavy atom. The van der Waals surface area contributed by atoms with Crippen LogP contribution in [-0.2, 0) is 5.54 Å². The number of nitrogens with one attached hydrogen (secondary N) is 1. The van der Waals surface area contributed by atoms with Gasteiger partial charge in [0.1, 0.15) is 11.6 Å². The van der Waals surface area contributed by atoms with Crippen molar-refractivity contribution in [2.45, 2.75) is 37.8 Å². The molecule has 2 amide bonds. The van der Waals surface area contributed by atoms with Gasteiger partial charge in [0, 0.05) is 13.2 Å². The van der Waals surface area contributed by atoms with Crippen molar-refractivity contribution in [2.24, 2.45) is 0 Å². The van der Waals surface area contributed by atoms with Gasteiger partial charge in [-0.3, -0.25) is 0 Å². The molecule has 4 rings (SSSR count). The van der Waals surface area contributed by atoms with E-state index >= 15 is 0 Å². The molecule has 1 aliphatic rings. The summed E-state index contributed by atoms with van der Waals surface area (Å²) in [5, 5.41) is 12.5. The Morgan fingerprint density at radius 1 is 1.00 bits per heavy atom. The number of carbonyl (C=O) groups excluding carboxylic acids is 1. The van der Waals surface area contributed by atoms with Crippen LogP contribution < -0.4 is 5.32 Å². The molecule has 3 aromatic rings. The average molecular weight is 451 g/mol. The summed E-state index contributed by atoms with van der Waals surface area (Å²) in [6.07, 6.45) is 1.66. The highest BCUT2D eigenvalue weighted by Crippen LogP contribution is 2.36. The number of hydrogen-bond donors (Lipinski definition) is 2. The Morgan fingerprint density at radius 2 is 1.67 bits per heavy atom. The fourth-order valence-electron chi connectivity index (χ4n) is 4.61. The summed E-state index contributed by atoms with van der Waals surface area (Å²) in [4.78, 5) is 15.0. The van der Waals surface area contributed by atoms with Crippen LogP contribution in [0.3, 0.4) is 0 Å². The monoisotopic (exact) mass is 450 g/mol. The number of benzene rings is 3. The van der Waals surface area contributed by atoms with Crippen LogP contribution in [0.25, 0.3) is 11.1 Å². The lowest BCUT2D eigenvalue weighted by Gasteiger charge is -2.45. The van der Waals surface area contributed by atoms with Gasteiger partial charge in [0.2, 0.25) is 0 Å². The van der Waals surface area contributed by atoms with E-state index in [-0.39, 0.29) is 30.3 Å². The molecule has 1 aliphatic heterocycles. The van der Waals surface area contributed by atoms with Crippen molar-refractivity contribution in [3.63, 3.8) is 0 Å². The standard InChI is InChI=1S/C27H28F2N2O2/c1-19(20-6-8-21(9-7-20)22-10-12-24(28)13-11-22)31-16-15-27(14-3-17-32,30-26(31)33)23-4-2-5-25(29)18-23/h2,4-13,18-19,32H,3,14-17H2,1H3,(H,30,33). The summed E-state index contributed by atoms with van der Waals surface area (Å²) < 4.78 is 27.1. The van der Waals surface area contributed by atoms with E-state index in [4.69, 9.17) is 0 Å². The van der Waals surface area contributed by atoms with Crippen molar-refractivity contribution in [3.05, 3.63) is 95.6 Å². The van der Waals surface area contributed by atoms with Gasteiger partial charge in [0.25, 0.3) is 0 Å². The Kier molecular flexibility index (Phi) is 6.75. The normalized spacial score (nSPS) is 19.3. The van der Waals surface area contributed by atoms with Crippen molar-refractivity contribution in [1.29, 1.82) is 0 Å². The number of urea groups is 1. The molecule has 0 aromatic heterocycles. The number of carbonyl (C=O) groups is 1. The molecule has 0 radical (unpaired) electrons. The predicted molar refractivity (Wildman–Crippen MR) is 125 cm³/mol. The number of amides is 2. The zero-order valence-corrected chi connectivity index (χ0v) is 18.6. The number of aliphatic hydroxyl groups excluding tert-OH is 1. The van der Waals surface area contributed by atoms with Crippen molar-refractivity contribution in [1.82, 2.24) is 10.2 Å². The molecule has 172 valence electrons. The van der Waals surface area contributed by atoms with Crippen molar-refractivity contribution >= 4 is 6.03 Å². The van der Waals surface area contributed by atoms with Crippen molar-refractivity contribution in [3.8, 4) is 11.1 Å². The molecule has 0 spiro atoms. The number of hydrogen-bond acceptors (Lipinski definition) is 2. The van der Waals surface area contributed by atoms with Gasteiger partial charge in [-0.25, -0.2) is 13.6 Å². The number of rotatable bonds is 7. The molecule has 1 fully saturated rings. The highest BCUT2D eigenvalue weighted by Gasteiger charge is 2.40. The summed E-state index contributed by atoms with van der Waals surface area (Å²) in [6, 6.07) is 20.2. The van der Waals surface area contributed by atoms with Crippen LogP contribution in [-0.4, -0.2) is 29.2 Å². The maximum atomic E-state index is 13.9. The van der Waals surface area contributed by atoms with Gasteiger partial charge < -0.3 is 15.3 Å². The first kappa shape index (κ1) is 22.9. The number of halogens is 2. The molecule has 2 N–H and O–H groups in total. The highest BCUT2D eigenvalue weighted by molar-refractivity contribution is 5.77. The van der Waals surface area contributed by atoms with E-state index < -0.39 is 5.54 Å². The van der Waals surface area contributed by atoms with E-state index in [1.807, 2.05) is 37.3 Å². The summed E-state index contributed by atoms with van der Waals surface area (Å²) >= 11 is 0. The van der Waals surface area contributed by atoms with Gasteiger partial charge in [-0.1, -0.05) is 48.5 Å². The van der Waals surface area contributed by atoms with E-state index in [2.05, 4.69) is 5.32 Å². The molecule has 0 bridgehead atoms.